The Morgan fingerprint density at radius 3 is 3.07 bits per heavy atom. The van der Waals surface area contributed by atoms with Crippen LogP contribution in [0.15, 0.2) is 22.8 Å². The highest BCUT2D eigenvalue weighted by Gasteiger charge is 2.28. The predicted molar refractivity (Wildman–Crippen MR) is 54.0 cm³/mol. The van der Waals surface area contributed by atoms with Crippen molar-refractivity contribution in [2.24, 2.45) is 0 Å². The third kappa shape index (κ3) is 2.39. The highest BCUT2D eigenvalue weighted by molar-refractivity contribution is 5.78. The molecule has 0 spiro atoms. The van der Waals surface area contributed by atoms with Gasteiger partial charge in [0, 0.05) is 25.8 Å². The van der Waals surface area contributed by atoms with Crippen molar-refractivity contribution in [3.05, 3.63) is 24.2 Å². The molecule has 82 valence electrons. The molecule has 15 heavy (non-hydrogen) atoms. The van der Waals surface area contributed by atoms with Crippen molar-refractivity contribution < 1.29 is 14.3 Å². The number of aliphatic hydroxyl groups is 1. The van der Waals surface area contributed by atoms with Gasteiger partial charge in [-0.2, -0.15) is 0 Å². The molecule has 0 aromatic carbocycles. The summed E-state index contributed by atoms with van der Waals surface area (Å²) < 4.78 is 5.19. The van der Waals surface area contributed by atoms with Crippen LogP contribution in [0.2, 0.25) is 0 Å². The molecule has 0 radical (unpaired) electrons. The van der Waals surface area contributed by atoms with Gasteiger partial charge in [-0.3, -0.25) is 4.79 Å². The first-order valence-corrected chi connectivity index (χ1v) is 5.27. The van der Waals surface area contributed by atoms with Crippen LogP contribution in [0.25, 0.3) is 0 Å². The highest BCUT2D eigenvalue weighted by Crippen LogP contribution is 2.17. The molecule has 4 nitrogen and oxygen atoms in total. The average molecular weight is 209 g/mol. The van der Waals surface area contributed by atoms with Gasteiger partial charge in [-0.05, 0) is 18.6 Å². The smallest absolute Gasteiger partial charge is 0.224 e. The number of likely N-dealkylation sites (tertiary alicyclic amines) is 1. The molecule has 1 fully saturated rings. The van der Waals surface area contributed by atoms with Gasteiger partial charge < -0.3 is 14.4 Å². The summed E-state index contributed by atoms with van der Waals surface area (Å²) in [6, 6.07) is 3.77. The molecule has 1 aromatic rings. The zero-order valence-electron chi connectivity index (χ0n) is 8.56. The van der Waals surface area contributed by atoms with Gasteiger partial charge in [0.25, 0.3) is 0 Å². The van der Waals surface area contributed by atoms with E-state index in [1.54, 1.807) is 11.2 Å². The third-order valence-electron chi connectivity index (χ3n) is 2.70. The molecule has 2 heterocycles. The van der Waals surface area contributed by atoms with E-state index in [4.69, 9.17) is 4.42 Å². The maximum Gasteiger partial charge on any atom is 0.224 e. The Balaban J connectivity index is 1.76. The molecule has 1 atom stereocenters. The van der Waals surface area contributed by atoms with Crippen LogP contribution in [0.1, 0.15) is 25.0 Å². The standard InChI is InChI=1S/C11H15NO3/c13-10-5-6-11(14)12(10)7-1-3-9-4-2-8-15-9/h2,4,8,10,13H,1,3,5-7H2. The average Bonchev–Trinajstić information content (AvgIpc) is 2.82. The molecule has 1 amide bonds. The summed E-state index contributed by atoms with van der Waals surface area (Å²) in [6.07, 6.45) is 3.75. The summed E-state index contributed by atoms with van der Waals surface area (Å²) in [6.45, 7) is 0.612. The van der Waals surface area contributed by atoms with Gasteiger partial charge >= 0.3 is 0 Å². The molecule has 1 unspecified atom stereocenters. The van der Waals surface area contributed by atoms with Gasteiger partial charge in [0.2, 0.25) is 5.91 Å². The molecular formula is C11H15NO3. The van der Waals surface area contributed by atoms with Gasteiger partial charge in [0.05, 0.1) is 6.26 Å². The summed E-state index contributed by atoms with van der Waals surface area (Å²) >= 11 is 0. The minimum atomic E-state index is -0.575. The highest BCUT2D eigenvalue weighted by atomic mass is 16.3. The fourth-order valence-electron chi connectivity index (χ4n) is 1.87. The Morgan fingerprint density at radius 1 is 1.60 bits per heavy atom. The number of nitrogens with zero attached hydrogens (tertiary/aromatic N) is 1. The molecule has 0 aliphatic carbocycles. The van der Waals surface area contributed by atoms with Crippen molar-refractivity contribution in [2.45, 2.75) is 31.9 Å². The summed E-state index contributed by atoms with van der Waals surface area (Å²) in [5.41, 5.74) is 0. The van der Waals surface area contributed by atoms with Crippen molar-refractivity contribution >= 4 is 5.91 Å². The molecule has 2 rings (SSSR count). The molecule has 1 N–H and O–H groups in total. The van der Waals surface area contributed by atoms with Gasteiger partial charge in [0.15, 0.2) is 0 Å². The molecule has 0 saturated carbocycles. The van der Waals surface area contributed by atoms with Crippen molar-refractivity contribution in [2.75, 3.05) is 6.54 Å². The fourth-order valence-corrected chi connectivity index (χ4v) is 1.87. The van der Waals surface area contributed by atoms with Gasteiger partial charge in [0.1, 0.15) is 12.0 Å². The number of aliphatic hydroxyl groups excluding tert-OH is 1. The lowest BCUT2D eigenvalue weighted by Gasteiger charge is -2.19. The second-order valence-electron chi connectivity index (χ2n) is 3.79. The van der Waals surface area contributed by atoms with E-state index in [9.17, 15) is 9.90 Å². The first-order chi connectivity index (χ1) is 7.27. The van der Waals surface area contributed by atoms with Crippen molar-refractivity contribution in [3.8, 4) is 0 Å². The molecular weight excluding hydrogens is 194 g/mol. The number of hydrogen-bond acceptors (Lipinski definition) is 3. The Morgan fingerprint density at radius 2 is 2.47 bits per heavy atom. The largest absolute Gasteiger partial charge is 0.469 e. The summed E-state index contributed by atoms with van der Waals surface area (Å²) in [7, 11) is 0. The first-order valence-electron chi connectivity index (χ1n) is 5.27. The second-order valence-corrected chi connectivity index (χ2v) is 3.79. The number of aryl methyl sites for hydroxylation is 1. The van der Waals surface area contributed by atoms with E-state index in [1.807, 2.05) is 12.1 Å². The monoisotopic (exact) mass is 209 g/mol. The quantitative estimate of drug-likeness (QED) is 0.809. The Bertz CT molecular complexity index is 321. The second kappa shape index (κ2) is 4.49. The van der Waals surface area contributed by atoms with Gasteiger partial charge in [-0.25, -0.2) is 0 Å². The lowest BCUT2D eigenvalue weighted by Crippen LogP contribution is -2.33. The number of carbonyl (C=O) groups is 1. The van der Waals surface area contributed by atoms with Crippen LogP contribution in [0, 0.1) is 0 Å². The molecule has 1 aliphatic heterocycles. The normalized spacial score (nSPS) is 21.3. The number of carbonyl (C=O) groups excluding carboxylic acids is 1. The SMILES string of the molecule is O=C1CCC(O)N1CCCc1ccco1. The van der Waals surface area contributed by atoms with Gasteiger partial charge in [-0.1, -0.05) is 0 Å². The number of furan rings is 1. The summed E-state index contributed by atoms with van der Waals surface area (Å²) in [5.74, 6) is 0.984. The van der Waals surface area contributed by atoms with E-state index in [-0.39, 0.29) is 5.91 Å². The van der Waals surface area contributed by atoms with Crippen molar-refractivity contribution in [1.82, 2.24) is 4.90 Å². The molecule has 1 aromatic heterocycles. The topological polar surface area (TPSA) is 53.7 Å². The van der Waals surface area contributed by atoms with E-state index < -0.39 is 6.23 Å². The van der Waals surface area contributed by atoms with Crippen LogP contribution < -0.4 is 0 Å². The van der Waals surface area contributed by atoms with Crippen LogP contribution in [0.3, 0.4) is 0 Å². The maximum atomic E-state index is 11.3. The van der Waals surface area contributed by atoms with E-state index in [1.165, 1.54) is 0 Å². The summed E-state index contributed by atoms with van der Waals surface area (Å²) in [5, 5.41) is 9.50. The zero-order chi connectivity index (χ0) is 10.7. The molecule has 1 aliphatic rings. The molecule has 1 saturated heterocycles. The minimum Gasteiger partial charge on any atom is -0.469 e. The third-order valence-corrected chi connectivity index (χ3v) is 2.70. The number of rotatable bonds is 4. The minimum absolute atomic E-state index is 0.0574. The summed E-state index contributed by atoms with van der Waals surface area (Å²) in [4.78, 5) is 12.9. The van der Waals surface area contributed by atoms with Crippen molar-refractivity contribution in [3.63, 3.8) is 0 Å². The zero-order valence-corrected chi connectivity index (χ0v) is 8.56. The Hall–Kier alpha value is -1.29. The van der Waals surface area contributed by atoms with E-state index in [0.717, 1.165) is 18.6 Å². The van der Waals surface area contributed by atoms with Crippen LogP contribution >= 0.6 is 0 Å². The first kappa shape index (κ1) is 10.2. The number of hydrogen-bond donors (Lipinski definition) is 1. The van der Waals surface area contributed by atoms with E-state index in [0.29, 0.717) is 19.4 Å². The van der Waals surface area contributed by atoms with E-state index in [2.05, 4.69) is 0 Å². The van der Waals surface area contributed by atoms with Crippen LogP contribution in [0.4, 0.5) is 0 Å². The fraction of sp³-hybridized carbons (Fsp3) is 0.545. The van der Waals surface area contributed by atoms with Crippen LogP contribution in [-0.2, 0) is 11.2 Å². The Labute approximate surface area is 88.5 Å². The molecule has 0 bridgehead atoms. The Kier molecular flexibility index (Phi) is 3.06. The maximum absolute atomic E-state index is 11.3. The van der Waals surface area contributed by atoms with Crippen LogP contribution in [0.5, 0.6) is 0 Å². The van der Waals surface area contributed by atoms with E-state index >= 15 is 0 Å². The predicted octanol–water partition coefficient (Wildman–Crippen LogP) is 1.15. The lowest BCUT2D eigenvalue weighted by atomic mass is 10.2. The van der Waals surface area contributed by atoms with Gasteiger partial charge in [-0.15, -0.1) is 0 Å². The number of amides is 1. The van der Waals surface area contributed by atoms with Crippen molar-refractivity contribution in [1.29, 1.82) is 0 Å². The molecule has 4 heteroatoms. The lowest BCUT2D eigenvalue weighted by molar-refractivity contribution is -0.133. The van der Waals surface area contributed by atoms with Crippen LogP contribution in [-0.4, -0.2) is 28.7 Å².